The Bertz CT molecular complexity index is 813. The first-order valence-corrected chi connectivity index (χ1v) is 6.92. The van der Waals surface area contributed by atoms with E-state index in [4.69, 9.17) is 28.9 Å². The van der Waals surface area contributed by atoms with E-state index in [1.165, 1.54) is 0 Å². The Labute approximate surface area is 131 Å². The van der Waals surface area contributed by atoms with Crippen molar-refractivity contribution in [2.24, 2.45) is 0 Å². The predicted octanol–water partition coefficient (Wildman–Crippen LogP) is 3.53. The summed E-state index contributed by atoms with van der Waals surface area (Å²) in [4.78, 5) is 0. The Morgan fingerprint density at radius 2 is 1.86 bits per heavy atom. The van der Waals surface area contributed by atoms with Crippen LogP contribution in [0.25, 0.3) is 17.1 Å². The zero-order chi connectivity index (χ0) is 15.0. The van der Waals surface area contributed by atoms with Crippen LogP contribution in [0.3, 0.4) is 0 Å². The van der Waals surface area contributed by atoms with Crippen LogP contribution in [0.15, 0.2) is 36.4 Å². The molecule has 0 atom stereocenters. The monoisotopic (exact) mass is 319 g/mol. The molecular weight excluding hydrogens is 309 g/mol. The Hall–Kier alpha value is -2.11. The highest BCUT2D eigenvalue weighted by atomic mass is 35.5. The molecule has 0 fully saturated rings. The van der Waals surface area contributed by atoms with Gasteiger partial charge in [0.15, 0.2) is 5.82 Å². The minimum atomic E-state index is 0.481. The third kappa shape index (κ3) is 2.57. The molecule has 1 heterocycles. The van der Waals surface area contributed by atoms with Crippen LogP contribution in [0, 0.1) is 6.92 Å². The normalized spacial score (nSPS) is 10.8. The first-order valence-electron chi connectivity index (χ1n) is 6.16. The Morgan fingerprint density at radius 1 is 1.05 bits per heavy atom. The topological polar surface area (TPSA) is 69.6 Å². The van der Waals surface area contributed by atoms with E-state index in [0.717, 1.165) is 5.56 Å². The molecule has 2 N–H and O–H groups in total. The van der Waals surface area contributed by atoms with Gasteiger partial charge in [-0.3, -0.25) is 0 Å². The lowest BCUT2D eigenvalue weighted by molar-refractivity contribution is 0.791. The summed E-state index contributed by atoms with van der Waals surface area (Å²) in [7, 11) is 0. The molecule has 3 aromatic rings. The average molecular weight is 320 g/mol. The van der Waals surface area contributed by atoms with Gasteiger partial charge in [0.25, 0.3) is 0 Å². The third-order valence-corrected chi connectivity index (χ3v) is 3.67. The smallest absolute Gasteiger partial charge is 0.188 e. The molecule has 0 aliphatic carbocycles. The fraction of sp³-hybridized carbons (Fsp3) is 0.0714. The van der Waals surface area contributed by atoms with Crippen molar-refractivity contribution in [1.29, 1.82) is 0 Å². The summed E-state index contributed by atoms with van der Waals surface area (Å²) in [6.45, 7) is 1.97. The molecular formula is C14H11Cl2N5. The quantitative estimate of drug-likeness (QED) is 0.733. The number of rotatable bonds is 2. The molecule has 0 unspecified atom stereocenters. The highest BCUT2D eigenvalue weighted by Crippen LogP contribution is 2.30. The largest absolute Gasteiger partial charge is 0.399 e. The van der Waals surface area contributed by atoms with Crippen molar-refractivity contribution in [3.05, 3.63) is 52.0 Å². The number of tetrazole rings is 1. The first-order chi connectivity index (χ1) is 10.1. The summed E-state index contributed by atoms with van der Waals surface area (Å²) in [5, 5.41) is 12.8. The van der Waals surface area contributed by atoms with E-state index in [-0.39, 0.29) is 0 Å². The number of hydrogen-bond donors (Lipinski definition) is 1. The third-order valence-electron chi connectivity index (χ3n) is 3.03. The van der Waals surface area contributed by atoms with Gasteiger partial charge in [-0.05, 0) is 53.2 Å². The summed E-state index contributed by atoms with van der Waals surface area (Å²) >= 11 is 12.5. The highest BCUT2D eigenvalue weighted by molar-refractivity contribution is 6.33. The number of nitrogens with zero attached hydrogens (tertiary/aromatic N) is 4. The molecule has 0 bridgehead atoms. The SMILES string of the molecule is Cc1ccc(Cl)c(-n2nnnc2-c2ccc(N)cc2Cl)c1. The standard InChI is InChI=1S/C14H11Cl2N5/c1-8-2-5-11(15)13(6-8)21-14(18-19-20-21)10-4-3-9(17)7-12(10)16/h2-7H,17H2,1H3. The van der Waals surface area contributed by atoms with Gasteiger partial charge in [0.2, 0.25) is 0 Å². The van der Waals surface area contributed by atoms with Gasteiger partial charge in [-0.1, -0.05) is 29.3 Å². The Morgan fingerprint density at radius 3 is 2.62 bits per heavy atom. The lowest BCUT2D eigenvalue weighted by Gasteiger charge is -2.09. The summed E-state index contributed by atoms with van der Waals surface area (Å²) in [6.07, 6.45) is 0. The zero-order valence-electron chi connectivity index (χ0n) is 11.1. The molecule has 0 aliphatic heterocycles. The van der Waals surface area contributed by atoms with Crippen LogP contribution in [-0.2, 0) is 0 Å². The molecule has 1 aromatic heterocycles. The number of aryl methyl sites for hydroxylation is 1. The molecule has 21 heavy (non-hydrogen) atoms. The molecule has 5 nitrogen and oxygen atoms in total. The summed E-state index contributed by atoms with van der Waals surface area (Å²) in [5.41, 5.74) is 8.73. The molecule has 7 heteroatoms. The number of nitrogen functional groups attached to an aromatic ring is 1. The molecule has 0 saturated carbocycles. The highest BCUT2D eigenvalue weighted by Gasteiger charge is 2.16. The van der Waals surface area contributed by atoms with Crippen molar-refractivity contribution in [3.63, 3.8) is 0 Å². The van der Waals surface area contributed by atoms with Gasteiger partial charge < -0.3 is 5.73 Å². The lowest BCUT2D eigenvalue weighted by Crippen LogP contribution is -2.01. The summed E-state index contributed by atoms with van der Waals surface area (Å²) in [5.74, 6) is 0.507. The van der Waals surface area contributed by atoms with Crippen molar-refractivity contribution < 1.29 is 0 Å². The van der Waals surface area contributed by atoms with Crippen molar-refractivity contribution >= 4 is 28.9 Å². The van der Waals surface area contributed by atoms with Gasteiger partial charge in [-0.2, -0.15) is 4.68 Å². The van der Waals surface area contributed by atoms with Crippen LogP contribution in [-0.4, -0.2) is 20.2 Å². The van der Waals surface area contributed by atoms with Crippen molar-refractivity contribution in [2.75, 3.05) is 5.73 Å². The second-order valence-corrected chi connectivity index (χ2v) is 5.42. The Balaban J connectivity index is 2.19. The summed E-state index contributed by atoms with van der Waals surface area (Å²) < 4.78 is 1.56. The van der Waals surface area contributed by atoms with E-state index in [1.54, 1.807) is 22.9 Å². The van der Waals surface area contributed by atoms with Crippen molar-refractivity contribution in [3.8, 4) is 17.1 Å². The molecule has 0 amide bonds. The second-order valence-electron chi connectivity index (χ2n) is 4.61. The molecule has 0 saturated heterocycles. The minimum absolute atomic E-state index is 0.481. The van der Waals surface area contributed by atoms with Crippen LogP contribution in [0.4, 0.5) is 5.69 Å². The zero-order valence-corrected chi connectivity index (χ0v) is 12.6. The predicted molar refractivity (Wildman–Crippen MR) is 83.8 cm³/mol. The van der Waals surface area contributed by atoms with E-state index < -0.39 is 0 Å². The maximum absolute atomic E-state index is 6.24. The van der Waals surface area contributed by atoms with Gasteiger partial charge in [-0.15, -0.1) is 5.10 Å². The van der Waals surface area contributed by atoms with Crippen LogP contribution in [0.1, 0.15) is 5.56 Å². The molecule has 106 valence electrons. The second kappa shape index (κ2) is 5.35. The number of hydrogen-bond acceptors (Lipinski definition) is 4. The average Bonchev–Trinajstić information content (AvgIpc) is 2.90. The van der Waals surface area contributed by atoms with Crippen molar-refractivity contribution in [1.82, 2.24) is 20.2 Å². The molecule has 2 aromatic carbocycles. The number of benzene rings is 2. The van der Waals surface area contributed by atoms with E-state index >= 15 is 0 Å². The number of halogens is 2. The van der Waals surface area contributed by atoms with Crippen LogP contribution in [0.5, 0.6) is 0 Å². The van der Waals surface area contributed by atoms with Crippen LogP contribution >= 0.6 is 23.2 Å². The molecule has 0 spiro atoms. The molecule has 0 radical (unpaired) electrons. The van der Waals surface area contributed by atoms with Crippen LogP contribution < -0.4 is 5.73 Å². The van der Waals surface area contributed by atoms with Gasteiger partial charge >= 0.3 is 0 Å². The minimum Gasteiger partial charge on any atom is -0.399 e. The van der Waals surface area contributed by atoms with Gasteiger partial charge in [0.05, 0.1) is 15.7 Å². The number of nitrogens with two attached hydrogens (primary N) is 1. The summed E-state index contributed by atoms with van der Waals surface area (Å²) in [6, 6.07) is 10.8. The van der Waals surface area contributed by atoms with Gasteiger partial charge in [-0.25, -0.2) is 0 Å². The van der Waals surface area contributed by atoms with Crippen LogP contribution in [0.2, 0.25) is 10.0 Å². The fourth-order valence-electron chi connectivity index (χ4n) is 2.02. The van der Waals surface area contributed by atoms with E-state index in [9.17, 15) is 0 Å². The van der Waals surface area contributed by atoms with Gasteiger partial charge in [0, 0.05) is 11.3 Å². The maximum Gasteiger partial charge on any atom is 0.188 e. The Kier molecular flexibility index (Phi) is 3.53. The van der Waals surface area contributed by atoms with Gasteiger partial charge in [0.1, 0.15) is 0 Å². The lowest BCUT2D eigenvalue weighted by atomic mass is 10.2. The fourth-order valence-corrected chi connectivity index (χ4v) is 2.49. The van der Waals surface area contributed by atoms with E-state index in [0.29, 0.717) is 32.8 Å². The first kappa shape index (κ1) is 13.9. The number of anilines is 1. The molecule has 3 rings (SSSR count). The molecule has 0 aliphatic rings. The maximum atomic E-state index is 6.24. The van der Waals surface area contributed by atoms with Crippen molar-refractivity contribution in [2.45, 2.75) is 6.92 Å². The van der Waals surface area contributed by atoms with E-state index in [2.05, 4.69) is 15.5 Å². The van der Waals surface area contributed by atoms with E-state index in [1.807, 2.05) is 25.1 Å². The number of aromatic nitrogens is 4.